The van der Waals surface area contributed by atoms with Gasteiger partial charge in [0.2, 0.25) is 0 Å². The molecule has 4 atom stereocenters. The number of esters is 1. The summed E-state index contributed by atoms with van der Waals surface area (Å²) in [5, 5.41) is 15.0. The van der Waals surface area contributed by atoms with Gasteiger partial charge in [-0.15, -0.1) is 11.8 Å². The van der Waals surface area contributed by atoms with Gasteiger partial charge in [-0.25, -0.2) is 9.59 Å². The molecular formula is C35H36N2O6S. The highest BCUT2D eigenvalue weighted by Gasteiger charge is 2.32. The Hall–Kier alpha value is -4.15. The minimum atomic E-state index is -0.851. The molecule has 4 aromatic rings. The maximum absolute atomic E-state index is 13.0. The molecule has 0 bridgehead atoms. The van der Waals surface area contributed by atoms with Gasteiger partial charge in [0.15, 0.2) is 6.29 Å². The Morgan fingerprint density at radius 1 is 0.886 bits per heavy atom. The maximum Gasteiger partial charge on any atom is 0.328 e. The first-order chi connectivity index (χ1) is 21.5. The molecule has 228 valence electrons. The van der Waals surface area contributed by atoms with Gasteiger partial charge in [0.1, 0.15) is 6.04 Å². The molecule has 0 aliphatic carbocycles. The van der Waals surface area contributed by atoms with Crippen LogP contribution < -0.4 is 10.6 Å². The highest BCUT2D eigenvalue weighted by atomic mass is 32.2. The summed E-state index contributed by atoms with van der Waals surface area (Å²) in [5.41, 5.74) is 4.02. The van der Waals surface area contributed by atoms with Crippen LogP contribution in [-0.2, 0) is 32.0 Å². The molecule has 1 fully saturated rings. The smallest absolute Gasteiger partial charge is 0.328 e. The number of anilines is 1. The lowest BCUT2D eigenvalue weighted by Gasteiger charge is -2.36. The Kier molecular flexibility index (Phi) is 11.0. The van der Waals surface area contributed by atoms with Crippen LogP contribution in [0, 0.1) is 0 Å². The molecule has 0 radical (unpaired) electrons. The molecule has 3 N–H and O–H groups in total. The van der Waals surface area contributed by atoms with Crippen LogP contribution in [0.4, 0.5) is 10.5 Å². The lowest BCUT2D eigenvalue weighted by molar-refractivity contribution is -0.245. The van der Waals surface area contributed by atoms with E-state index in [1.807, 2.05) is 91.0 Å². The number of carbonyl (C=O) groups excluding carboxylic acids is 2. The first kappa shape index (κ1) is 31.3. The standard InChI is InChI=1S/C35H36N2O6S/c1-41-33(39)31(19-24-9-4-2-5-10-24)37-35(40)36-28-12-8-11-27(20-28)34-42-29(23-44-30-13-6-3-7-14-30)21-32(43-34)26-17-15-25(22-38)16-18-26/h2-18,20,29,31-32,34,38H,19,21-23H2,1H3,(H2,36,37,40)/t29-,31-,32+,34+/m0/s1. The van der Waals surface area contributed by atoms with Crippen molar-refractivity contribution in [3.8, 4) is 0 Å². The number of urea groups is 1. The third kappa shape index (κ3) is 8.70. The van der Waals surface area contributed by atoms with Crippen molar-refractivity contribution in [3.63, 3.8) is 0 Å². The average molecular weight is 613 g/mol. The number of rotatable bonds is 11. The number of aliphatic hydroxyl groups is 1. The summed E-state index contributed by atoms with van der Waals surface area (Å²) in [6.45, 7) is -0.0200. The van der Waals surface area contributed by atoms with Crippen molar-refractivity contribution >= 4 is 29.4 Å². The number of methoxy groups -OCH3 is 1. The first-order valence-corrected chi connectivity index (χ1v) is 15.5. The normalized spacial score (nSPS) is 18.6. The van der Waals surface area contributed by atoms with Crippen LogP contribution >= 0.6 is 11.8 Å². The van der Waals surface area contributed by atoms with Gasteiger partial charge < -0.3 is 30.0 Å². The van der Waals surface area contributed by atoms with E-state index in [4.69, 9.17) is 14.2 Å². The fourth-order valence-corrected chi connectivity index (χ4v) is 5.95. The molecule has 1 aliphatic rings. The summed E-state index contributed by atoms with van der Waals surface area (Å²) in [6, 6.07) is 33.3. The molecule has 1 heterocycles. The number of hydrogen-bond donors (Lipinski definition) is 3. The van der Waals surface area contributed by atoms with Gasteiger partial charge >= 0.3 is 12.0 Å². The highest BCUT2D eigenvalue weighted by molar-refractivity contribution is 7.99. The monoisotopic (exact) mass is 612 g/mol. The Bertz CT molecular complexity index is 1500. The molecule has 1 aliphatic heterocycles. The molecule has 1 saturated heterocycles. The molecule has 2 amide bonds. The van der Waals surface area contributed by atoms with E-state index in [0.717, 1.165) is 32.9 Å². The van der Waals surface area contributed by atoms with Gasteiger partial charge in [-0.1, -0.05) is 84.9 Å². The van der Waals surface area contributed by atoms with E-state index in [9.17, 15) is 14.7 Å². The Labute approximate surface area is 261 Å². The van der Waals surface area contributed by atoms with Gasteiger partial charge in [-0.05, 0) is 41.0 Å². The van der Waals surface area contributed by atoms with E-state index >= 15 is 0 Å². The maximum atomic E-state index is 13.0. The van der Waals surface area contributed by atoms with Crippen molar-refractivity contribution in [1.29, 1.82) is 0 Å². The Morgan fingerprint density at radius 2 is 1.61 bits per heavy atom. The second-order valence-electron chi connectivity index (χ2n) is 10.5. The number of amides is 2. The SMILES string of the molecule is COC(=O)[C@H](Cc1ccccc1)NC(=O)Nc1cccc([C@@H]2O[C@H](CSc3ccccc3)C[C@H](c3ccc(CO)cc3)O2)c1. The predicted octanol–water partition coefficient (Wildman–Crippen LogP) is 6.42. The summed E-state index contributed by atoms with van der Waals surface area (Å²) < 4.78 is 17.8. The van der Waals surface area contributed by atoms with Gasteiger partial charge in [-0.3, -0.25) is 0 Å². The fourth-order valence-electron chi connectivity index (χ4n) is 5.00. The molecule has 0 unspecified atom stereocenters. The van der Waals surface area contributed by atoms with Crippen LogP contribution in [0.1, 0.15) is 41.1 Å². The van der Waals surface area contributed by atoms with Crippen LogP contribution in [0.5, 0.6) is 0 Å². The van der Waals surface area contributed by atoms with Crippen LogP contribution in [-0.4, -0.2) is 42.1 Å². The topological polar surface area (TPSA) is 106 Å². The molecule has 8 nitrogen and oxygen atoms in total. The first-order valence-electron chi connectivity index (χ1n) is 14.5. The highest BCUT2D eigenvalue weighted by Crippen LogP contribution is 2.40. The second kappa shape index (κ2) is 15.5. The zero-order valence-corrected chi connectivity index (χ0v) is 25.2. The molecule has 44 heavy (non-hydrogen) atoms. The van der Waals surface area contributed by atoms with Crippen LogP contribution in [0.15, 0.2) is 114 Å². The van der Waals surface area contributed by atoms with Crippen LogP contribution in [0.3, 0.4) is 0 Å². The number of nitrogens with one attached hydrogen (secondary N) is 2. The lowest BCUT2D eigenvalue weighted by atomic mass is 10.0. The van der Waals surface area contributed by atoms with Crippen LogP contribution in [0.2, 0.25) is 0 Å². The number of thioether (sulfide) groups is 1. The van der Waals surface area contributed by atoms with Crippen molar-refractivity contribution in [2.45, 2.75) is 48.9 Å². The third-order valence-corrected chi connectivity index (χ3v) is 8.43. The Balaban J connectivity index is 1.29. The third-order valence-electron chi connectivity index (χ3n) is 7.28. The zero-order valence-electron chi connectivity index (χ0n) is 24.4. The summed E-state index contributed by atoms with van der Waals surface area (Å²) in [7, 11) is 1.30. The van der Waals surface area contributed by atoms with Crippen molar-refractivity contribution in [1.82, 2.24) is 5.32 Å². The summed E-state index contributed by atoms with van der Waals surface area (Å²) >= 11 is 1.73. The number of benzene rings is 4. The van der Waals surface area contributed by atoms with E-state index in [1.165, 1.54) is 7.11 Å². The van der Waals surface area contributed by atoms with E-state index < -0.39 is 24.3 Å². The molecule has 4 aromatic carbocycles. The second-order valence-corrected chi connectivity index (χ2v) is 11.6. The minimum Gasteiger partial charge on any atom is -0.467 e. The van der Waals surface area contributed by atoms with Crippen LogP contribution in [0.25, 0.3) is 0 Å². The molecule has 9 heteroatoms. The number of ether oxygens (including phenoxy) is 3. The van der Waals surface area contributed by atoms with Gasteiger partial charge in [0.25, 0.3) is 0 Å². The molecule has 0 aromatic heterocycles. The molecule has 5 rings (SSSR count). The van der Waals surface area contributed by atoms with Gasteiger partial charge in [0.05, 0.1) is 25.9 Å². The van der Waals surface area contributed by atoms with E-state index in [0.29, 0.717) is 18.5 Å². The van der Waals surface area contributed by atoms with Crippen molar-refractivity contribution in [2.24, 2.45) is 0 Å². The average Bonchev–Trinajstić information content (AvgIpc) is 3.07. The van der Waals surface area contributed by atoms with Crippen molar-refractivity contribution < 1.29 is 28.9 Å². The van der Waals surface area contributed by atoms with E-state index in [-0.39, 0.29) is 18.8 Å². The van der Waals surface area contributed by atoms with Gasteiger partial charge in [-0.2, -0.15) is 0 Å². The van der Waals surface area contributed by atoms with Gasteiger partial charge in [0, 0.05) is 34.7 Å². The molecule has 0 spiro atoms. The molecular weight excluding hydrogens is 576 g/mol. The van der Waals surface area contributed by atoms with E-state index in [2.05, 4.69) is 22.8 Å². The zero-order chi connectivity index (χ0) is 30.7. The fraction of sp³-hybridized carbons (Fsp3) is 0.257. The summed E-state index contributed by atoms with van der Waals surface area (Å²) in [4.78, 5) is 26.5. The lowest BCUT2D eigenvalue weighted by Crippen LogP contribution is -2.45. The molecule has 0 saturated carbocycles. The minimum absolute atomic E-state index is 0.0200. The number of hydrogen-bond acceptors (Lipinski definition) is 7. The Morgan fingerprint density at radius 3 is 2.32 bits per heavy atom. The number of aliphatic hydroxyl groups excluding tert-OH is 1. The summed E-state index contributed by atoms with van der Waals surface area (Å²) in [6.07, 6.45) is -0.0145. The quantitative estimate of drug-likeness (QED) is 0.133. The van der Waals surface area contributed by atoms with E-state index in [1.54, 1.807) is 17.8 Å². The number of carbonyl (C=O) groups is 2. The predicted molar refractivity (Wildman–Crippen MR) is 170 cm³/mol. The largest absolute Gasteiger partial charge is 0.467 e. The van der Waals surface area contributed by atoms with Crippen molar-refractivity contribution in [3.05, 3.63) is 131 Å². The summed E-state index contributed by atoms with van der Waals surface area (Å²) in [5.74, 6) is 0.213. The van der Waals surface area contributed by atoms with Crippen molar-refractivity contribution in [2.75, 3.05) is 18.2 Å².